The van der Waals surface area contributed by atoms with Crippen molar-refractivity contribution in [3.05, 3.63) is 54.4 Å². The topological polar surface area (TPSA) is 52.6 Å². The largest absolute Gasteiger partial charge is 0.340 e. The average Bonchev–Trinajstić information content (AvgIpc) is 2.64. The van der Waals surface area contributed by atoms with E-state index in [9.17, 15) is 4.79 Å². The second-order valence-electron chi connectivity index (χ2n) is 6.05. The maximum absolute atomic E-state index is 12.4. The standard InChI is InChI=1S/C18H23N5O/c1-21(14-16-6-3-2-4-7-16)17(24)15-22-10-12-23(13-11-22)18-19-8-5-9-20-18/h2-9H,10-15H2,1H3. The first-order valence-corrected chi connectivity index (χ1v) is 8.24. The Morgan fingerprint density at radius 1 is 1.04 bits per heavy atom. The molecule has 3 rings (SSSR count). The number of benzene rings is 1. The smallest absolute Gasteiger partial charge is 0.236 e. The number of likely N-dealkylation sites (N-methyl/N-ethyl adjacent to an activating group) is 1. The third kappa shape index (κ3) is 4.29. The normalized spacial score (nSPS) is 15.3. The quantitative estimate of drug-likeness (QED) is 0.828. The highest BCUT2D eigenvalue weighted by atomic mass is 16.2. The highest BCUT2D eigenvalue weighted by Crippen LogP contribution is 2.10. The van der Waals surface area contributed by atoms with Crippen LogP contribution in [0, 0.1) is 0 Å². The molecule has 1 aromatic carbocycles. The lowest BCUT2D eigenvalue weighted by molar-refractivity contribution is -0.131. The van der Waals surface area contributed by atoms with E-state index in [4.69, 9.17) is 0 Å². The van der Waals surface area contributed by atoms with Gasteiger partial charge in [0.25, 0.3) is 0 Å². The van der Waals surface area contributed by atoms with Gasteiger partial charge < -0.3 is 9.80 Å². The van der Waals surface area contributed by atoms with E-state index in [0.717, 1.165) is 37.7 Å². The van der Waals surface area contributed by atoms with Gasteiger partial charge in [0, 0.05) is 52.2 Å². The number of piperazine rings is 1. The summed E-state index contributed by atoms with van der Waals surface area (Å²) in [5, 5.41) is 0. The lowest BCUT2D eigenvalue weighted by atomic mass is 10.2. The Balaban J connectivity index is 1.46. The number of anilines is 1. The summed E-state index contributed by atoms with van der Waals surface area (Å²) >= 11 is 0. The van der Waals surface area contributed by atoms with Crippen LogP contribution < -0.4 is 4.90 Å². The second-order valence-corrected chi connectivity index (χ2v) is 6.05. The molecule has 126 valence electrons. The van der Waals surface area contributed by atoms with Gasteiger partial charge in [0.15, 0.2) is 0 Å². The summed E-state index contributed by atoms with van der Waals surface area (Å²) in [6.45, 7) is 4.51. The molecular weight excluding hydrogens is 302 g/mol. The predicted octanol–water partition coefficient (Wildman–Crippen LogP) is 1.26. The van der Waals surface area contributed by atoms with Crippen molar-refractivity contribution in [2.24, 2.45) is 0 Å². The third-order valence-electron chi connectivity index (χ3n) is 4.25. The minimum atomic E-state index is 0.156. The fourth-order valence-electron chi connectivity index (χ4n) is 2.82. The fraction of sp³-hybridized carbons (Fsp3) is 0.389. The average molecular weight is 325 g/mol. The van der Waals surface area contributed by atoms with E-state index in [1.807, 2.05) is 43.4 Å². The molecule has 1 amide bonds. The van der Waals surface area contributed by atoms with Crippen molar-refractivity contribution in [3.8, 4) is 0 Å². The summed E-state index contributed by atoms with van der Waals surface area (Å²) in [4.78, 5) is 27.1. The van der Waals surface area contributed by atoms with Crippen molar-refractivity contribution in [2.45, 2.75) is 6.54 Å². The van der Waals surface area contributed by atoms with Crippen molar-refractivity contribution < 1.29 is 4.79 Å². The first-order valence-electron chi connectivity index (χ1n) is 8.24. The van der Waals surface area contributed by atoms with Gasteiger partial charge in [-0.25, -0.2) is 9.97 Å². The zero-order chi connectivity index (χ0) is 16.8. The van der Waals surface area contributed by atoms with Crippen LogP contribution in [0.2, 0.25) is 0 Å². The first kappa shape index (κ1) is 16.4. The summed E-state index contributed by atoms with van der Waals surface area (Å²) in [5.41, 5.74) is 1.15. The lowest BCUT2D eigenvalue weighted by Crippen LogP contribution is -2.50. The molecular formula is C18H23N5O. The van der Waals surface area contributed by atoms with Gasteiger partial charge in [0.1, 0.15) is 0 Å². The van der Waals surface area contributed by atoms with E-state index in [1.165, 1.54) is 0 Å². The van der Waals surface area contributed by atoms with Crippen LogP contribution in [0.4, 0.5) is 5.95 Å². The van der Waals surface area contributed by atoms with Gasteiger partial charge in [0.2, 0.25) is 11.9 Å². The van der Waals surface area contributed by atoms with E-state index in [1.54, 1.807) is 17.3 Å². The minimum absolute atomic E-state index is 0.156. The van der Waals surface area contributed by atoms with Crippen LogP contribution in [0.25, 0.3) is 0 Å². The highest BCUT2D eigenvalue weighted by Gasteiger charge is 2.21. The molecule has 0 aliphatic carbocycles. The van der Waals surface area contributed by atoms with Crippen LogP contribution in [0.3, 0.4) is 0 Å². The van der Waals surface area contributed by atoms with Crippen molar-refractivity contribution in [3.63, 3.8) is 0 Å². The molecule has 6 nitrogen and oxygen atoms in total. The molecule has 1 aliphatic heterocycles. The molecule has 1 saturated heterocycles. The van der Waals surface area contributed by atoms with Gasteiger partial charge in [-0.05, 0) is 11.6 Å². The van der Waals surface area contributed by atoms with Gasteiger partial charge in [-0.2, -0.15) is 0 Å². The van der Waals surface area contributed by atoms with Gasteiger partial charge in [-0.1, -0.05) is 30.3 Å². The molecule has 6 heteroatoms. The zero-order valence-electron chi connectivity index (χ0n) is 14.0. The van der Waals surface area contributed by atoms with E-state index in [0.29, 0.717) is 13.1 Å². The second kappa shape index (κ2) is 7.88. The molecule has 1 aliphatic rings. The van der Waals surface area contributed by atoms with Crippen molar-refractivity contribution in [1.29, 1.82) is 0 Å². The summed E-state index contributed by atoms with van der Waals surface area (Å²) in [6.07, 6.45) is 3.52. The molecule has 2 aromatic rings. The monoisotopic (exact) mass is 325 g/mol. The van der Waals surface area contributed by atoms with Crippen LogP contribution in [0.1, 0.15) is 5.56 Å². The molecule has 0 radical (unpaired) electrons. The Kier molecular flexibility index (Phi) is 5.38. The van der Waals surface area contributed by atoms with Crippen molar-refractivity contribution in [2.75, 3.05) is 44.7 Å². The van der Waals surface area contributed by atoms with E-state index >= 15 is 0 Å². The zero-order valence-corrected chi connectivity index (χ0v) is 14.0. The highest BCUT2D eigenvalue weighted by molar-refractivity contribution is 5.78. The third-order valence-corrected chi connectivity index (χ3v) is 4.25. The number of rotatable bonds is 5. The lowest BCUT2D eigenvalue weighted by Gasteiger charge is -2.34. The molecule has 1 aromatic heterocycles. The predicted molar refractivity (Wildman–Crippen MR) is 93.6 cm³/mol. The van der Waals surface area contributed by atoms with Gasteiger partial charge in [-0.3, -0.25) is 9.69 Å². The number of nitrogens with zero attached hydrogens (tertiary/aromatic N) is 5. The summed E-state index contributed by atoms with van der Waals surface area (Å²) in [7, 11) is 1.86. The van der Waals surface area contributed by atoms with Crippen molar-refractivity contribution in [1.82, 2.24) is 19.8 Å². The molecule has 2 heterocycles. The number of amides is 1. The maximum Gasteiger partial charge on any atom is 0.236 e. The summed E-state index contributed by atoms with van der Waals surface area (Å²) in [5.74, 6) is 0.924. The van der Waals surface area contributed by atoms with E-state index in [2.05, 4.69) is 19.8 Å². The maximum atomic E-state index is 12.4. The Morgan fingerprint density at radius 3 is 2.38 bits per heavy atom. The molecule has 0 unspecified atom stereocenters. The Bertz CT molecular complexity index is 641. The van der Waals surface area contributed by atoms with Crippen LogP contribution >= 0.6 is 0 Å². The van der Waals surface area contributed by atoms with Crippen molar-refractivity contribution >= 4 is 11.9 Å². The van der Waals surface area contributed by atoms with Gasteiger partial charge in [-0.15, -0.1) is 0 Å². The summed E-state index contributed by atoms with van der Waals surface area (Å²) in [6, 6.07) is 11.9. The Hall–Kier alpha value is -2.47. The number of hydrogen-bond donors (Lipinski definition) is 0. The fourth-order valence-corrected chi connectivity index (χ4v) is 2.82. The molecule has 0 atom stereocenters. The van der Waals surface area contributed by atoms with Crippen LogP contribution in [-0.4, -0.2) is 65.4 Å². The molecule has 1 fully saturated rings. The number of hydrogen-bond acceptors (Lipinski definition) is 5. The summed E-state index contributed by atoms with van der Waals surface area (Å²) < 4.78 is 0. The number of carbonyl (C=O) groups is 1. The first-order chi connectivity index (χ1) is 11.7. The van der Waals surface area contributed by atoms with Crippen LogP contribution in [0.5, 0.6) is 0 Å². The SMILES string of the molecule is CN(Cc1ccccc1)C(=O)CN1CCN(c2ncccn2)CC1. The minimum Gasteiger partial charge on any atom is -0.340 e. The molecule has 24 heavy (non-hydrogen) atoms. The molecule has 0 saturated carbocycles. The van der Waals surface area contributed by atoms with Gasteiger partial charge in [0.05, 0.1) is 6.54 Å². The van der Waals surface area contributed by atoms with Gasteiger partial charge >= 0.3 is 0 Å². The number of aromatic nitrogens is 2. The van der Waals surface area contributed by atoms with Crippen LogP contribution in [-0.2, 0) is 11.3 Å². The Morgan fingerprint density at radius 2 is 1.71 bits per heavy atom. The molecule has 0 N–H and O–H groups in total. The number of carbonyl (C=O) groups excluding carboxylic acids is 1. The Labute approximate surface area is 142 Å². The molecule has 0 bridgehead atoms. The van der Waals surface area contributed by atoms with Crippen LogP contribution in [0.15, 0.2) is 48.8 Å². The van der Waals surface area contributed by atoms with E-state index in [-0.39, 0.29) is 5.91 Å². The molecule has 0 spiro atoms. The van der Waals surface area contributed by atoms with E-state index < -0.39 is 0 Å².